The maximum atomic E-state index is 6.24. The zero-order chi connectivity index (χ0) is 11.0. The first-order chi connectivity index (χ1) is 7.86. The molecule has 1 N–H and O–H groups in total. The first kappa shape index (κ1) is 10.5. The smallest absolute Gasteiger partial charge is 0.0623 e. The SMILES string of the molecule is Clc1ccnc2c1CCN1CCNCCC21. The Morgan fingerprint density at radius 2 is 2.31 bits per heavy atom. The molecule has 4 heteroatoms. The minimum absolute atomic E-state index is 0.470. The van der Waals surface area contributed by atoms with Gasteiger partial charge in [-0.1, -0.05) is 11.6 Å². The standard InChI is InChI=1S/C12H16ClN3/c13-10-1-5-15-12-9(10)3-7-16-8-6-14-4-2-11(12)16/h1,5,11,14H,2-4,6-8H2. The molecule has 0 aliphatic carbocycles. The molecule has 0 radical (unpaired) electrons. The van der Waals surface area contributed by atoms with Gasteiger partial charge in [-0.05, 0) is 31.0 Å². The Labute approximate surface area is 101 Å². The molecular formula is C12H16ClN3. The molecule has 0 bridgehead atoms. The van der Waals surface area contributed by atoms with Crippen molar-refractivity contribution >= 4 is 11.6 Å². The summed E-state index contributed by atoms with van der Waals surface area (Å²) in [6.45, 7) is 4.41. The van der Waals surface area contributed by atoms with Crippen LogP contribution in [0.4, 0.5) is 0 Å². The summed E-state index contributed by atoms with van der Waals surface area (Å²) in [5, 5.41) is 4.34. The van der Waals surface area contributed by atoms with Crippen LogP contribution in [0.15, 0.2) is 12.3 Å². The third-order valence-corrected chi connectivity index (χ3v) is 3.96. The van der Waals surface area contributed by atoms with Crippen molar-refractivity contribution in [1.29, 1.82) is 0 Å². The number of aromatic nitrogens is 1. The van der Waals surface area contributed by atoms with E-state index in [1.807, 2.05) is 12.3 Å². The fraction of sp³-hybridized carbons (Fsp3) is 0.583. The number of nitrogens with one attached hydrogen (secondary N) is 1. The van der Waals surface area contributed by atoms with Gasteiger partial charge in [-0.15, -0.1) is 0 Å². The van der Waals surface area contributed by atoms with E-state index in [4.69, 9.17) is 11.6 Å². The molecule has 0 saturated carbocycles. The summed E-state index contributed by atoms with van der Waals surface area (Å²) < 4.78 is 0. The number of pyridine rings is 1. The highest BCUT2D eigenvalue weighted by Crippen LogP contribution is 2.34. The Morgan fingerprint density at radius 3 is 3.25 bits per heavy atom. The highest BCUT2D eigenvalue weighted by molar-refractivity contribution is 6.31. The first-order valence-corrected chi connectivity index (χ1v) is 6.32. The largest absolute Gasteiger partial charge is 0.315 e. The minimum Gasteiger partial charge on any atom is -0.315 e. The Bertz CT molecular complexity index is 394. The first-order valence-electron chi connectivity index (χ1n) is 5.94. The second-order valence-corrected chi connectivity index (χ2v) is 4.90. The van der Waals surface area contributed by atoms with Gasteiger partial charge in [0, 0.05) is 30.9 Å². The molecule has 1 atom stereocenters. The third-order valence-electron chi connectivity index (χ3n) is 3.61. The van der Waals surface area contributed by atoms with Crippen LogP contribution < -0.4 is 5.32 Å². The molecule has 0 amide bonds. The van der Waals surface area contributed by atoms with Crippen LogP contribution in [0.5, 0.6) is 0 Å². The molecule has 2 aliphatic heterocycles. The van der Waals surface area contributed by atoms with Gasteiger partial charge in [0.05, 0.1) is 11.7 Å². The van der Waals surface area contributed by atoms with Crippen molar-refractivity contribution in [3.05, 3.63) is 28.5 Å². The Balaban J connectivity index is 2.00. The highest BCUT2D eigenvalue weighted by Gasteiger charge is 2.30. The van der Waals surface area contributed by atoms with E-state index < -0.39 is 0 Å². The number of hydrogen-bond donors (Lipinski definition) is 1. The monoisotopic (exact) mass is 237 g/mol. The molecule has 3 heterocycles. The second-order valence-electron chi connectivity index (χ2n) is 4.50. The van der Waals surface area contributed by atoms with E-state index in [1.165, 1.54) is 11.3 Å². The summed E-state index contributed by atoms with van der Waals surface area (Å²) in [6.07, 6.45) is 4.02. The van der Waals surface area contributed by atoms with Crippen LogP contribution in [0.2, 0.25) is 5.02 Å². The van der Waals surface area contributed by atoms with Crippen LogP contribution >= 0.6 is 11.6 Å². The quantitative estimate of drug-likeness (QED) is 0.744. The van der Waals surface area contributed by atoms with Crippen molar-refractivity contribution < 1.29 is 0 Å². The van der Waals surface area contributed by atoms with Gasteiger partial charge < -0.3 is 5.32 Å². The molecular weight excluding hydrogens is 222 g/mol. The van der Waals surface area contributed by atoms with Crippen LogP contribution in [0.25, 0.3) is 0 Å². The molecule has 1 unspecified atom stereocenters. The predicted molar refractivity (Wildman–Crippen MR) is 64.8 cm³/mol. The fourth-order valence-electron chi connectivity index (χ4n) is 2.78. The van der Waals surface area contributed by atoms with Gasteiger partial charge in [0.2, 0.25) is 0 Å². The van der Waals surface area contributed by atoms with Gasteiger partial charge in [0.1, 0.15) is 0 Å². The fourth-order valence-corrected chi connectivity index (χ4v) is 3.02. The molecule has 1 aromatic rings. The van der Waals surface area contributed by atoms with E-state index in [1.54, 1.807) is 0 Å². The average molecular weight is 238 g/mol. The Morgan fingerprint density at radius 1 is 1.38 bits per heavy atom. The summed E-state index contributed by atoms with van der Waals surface area (Å²) >= 11 is 6.24. The lowest BCUT2D eigenvalue weighted by Crippen LogP contribution is -2.37. The summed E-state index contributed by atoms with van der Waals surface area (Å²) in [4.78, 5) is 7.09. The molecule has 1 aromatic heterocycles. The van der Waals surface area contributed by atoms with Crippen molar-refractivity contribution in [3.8, 4) is 0 Å². The van der Waals surface area contributed by atoms with Crippen molar-refractivity contribution in [2.45, 2.75) is 18.9 Å². The lowest BCUT2D eigenvalue weighted by Gasteiger charge is -2.35. The number of rotatable bonds is 0. The van der Waals surface area contributed by atoms with Gasteiger partial charge in [-0.3, -0.25) is 9.88 Å². The van der Waals surface area contributed by atoms with Crippen molar-refractivity contribution in [2.75, 3.05) is 26.2 Å². The van der Waals surface area contributed by atoms with Crippen molar-refractivity contribution in [1.82, 2.24) is 15.2 Å². The van der Waals surface area contributed by atoms with Crippen LogP contribution in [0, 0.1) is 0 Å². The zero-order valence-corrected chi connectivity index (χ0v) is 10.0. The summed E-state index contributed by atoms with van der Waals surface area (Å²) in [7, 11) is 0. The van der Waals surface area contributed by atoms with E-state index in [-0.39, 0.29) is 0 Å². The summed E-state index contributed by atoms with van der Waals surface area (Å²) in [5.41, 5.74) is 2.48. The molecule has 0 aromatic carbocycles. The van der Waals surface area contributed by atoms with Gasteiger partial charge in [0.25, 0.3) is 0 Å². The highest BCUT2D eigenvalue weighted by atomic mass is 35.5. The number of nitrogens with zero attached hydrogens (tertiary/aromatic N) is 2. The van der Waals surface area contributed by atoms with Gasteiger partial charge in [-0.25, -0.2) is 0 Å². The third kappa shape index (κ3) is 1.73. The molecule has 1 fully saturated rings. The topological polar surface area (TPSA) is 28.2 Å². The summed E-state index contributed by atoms with van der Waals surface area (Å²) in [6, 6.07) is 2.38. The Hall–Kier alpha value is -0.640. The molecule has 3 rings (SSSR count). The average Bonchev–Trinajstić information content (AvgIpc) is 2.54. The number of fused-ring (bicyclic) bond motifs is 3. The minimum atomic E-state index is 0.470. The van der Waals surface area contributed by atoms with Crippen LogP contribution in [0.1, 0.15) is 23.7 Å². The van der Waals surface area contributed by atoms with E-state index in [0.717, 1.165) is 44.0 Å². The zero-order valence-electron chi connectivity index (χ0n) is 9.25. The van der Waals surface area contributed by atoms with E-state index in [9.17, 15) is 0 Å². The normalized spacial score (nSPS) is 25.7. The molecule has 86 valence electrons. The molecule has 16 heavy (non-hydrogen) atoms. The van der Waals surface area contributed by atoms with Gasteiger partial charge in [-0.2, -0.15) is 0 Å². The molecule has 1 saturated heterocycles. The maximum Gasteiger partial charge on any atom is 0.0623 e. The molecule has 3 nitrogen and oxygen atoms in total. The van der Waals surface area contributed by atoms with Gasteiger partial charge >= 0.3 is 0 Å². The van der Waals surface area contributed by atoms with Crippen LogP contribution in [-0.2, 0) is 6.42 Å². The van der Waals surface area contributed by atoms with Gasteiger partial charge in [0.15, 0.2) is 0 Å². The molecule has 0 spiro atoms. The van der Waals surface area contributed by atoms with E-state index in [0.29, 0.717) is 6.04 Å². The van der Waals surface area contributed by atoms with Crippen molar-refractivity contribution in [2.24, 2.45) is 0 Å². The summed E-state index contributed by atoms with van der Waals surface area (Å²) in [5.74, 6) is 0. The lowest BCUT2D eigenvalue weighted by atomic mass is 9.96. The van der Waals surface area contributed by atoms with E-state index >= 15 is 0 Å². The Kier molecular flexibility index (Phi) is 2.84. The van der Waals surface area contributed by atoms with Crippen LogP contribution in [0.3, 0.4) is 0 Å². The predicted octanol–water partition coefficient (Wildman–Crippen LogP) is 1.63. The van der Waals surface area contributed by atoms with E-state index in [2.05, 4.69) is 15.2 Å². The second kappa shape index (κ2) is 4.32. The lowest BCUT2D eigenvalue weighted by molar-refractivity contribution is 0.191. The molecule has 2 aliphatic rings. The maximum absolute atomic E-state index is 6.24. The van der Waals surface area contributed by atoms with Crippen molar-refractivity contribution in [3.63, 3.8) is 0 Å². The number of hydrogen-bond acceptors (Lipinski definition) is 3. The number of halogens is 1. The van der Waals surface area contributed by atoms with Crippen LogP contribution in [-0.4, -0.2) is 36.1 Å².